The third-order valence-corrected chi connectivity index (χ3v) is 5.99. The fourth-order valence-electron chi connectivity index (χ4n) is 4.32. The average molecular weight is 431 g/mol. The van der Waals surface area contributed by atoms with E-state index in [2.05, 4.69) is 16.9 Å². The van der Waals surface area contributed by atoms with Crippen molar-refractivity contribution in [2.75, 3.05) is 13.7 Å². The van der Waals surface area contributed by atoms with Gasteiger partial charge in [-0.15, -0.1) is 0 Å². The first-order valence-corrected chi connectivity index (χ1v) is 11.4. The summed E-state index contributed by atoms with van der Waals surface area (Å²) in [5, 5.41) is 0. The van der Waals surface area contributed by atoms with Gasteiger partial charge in [0, 0.05) is 37.1 Å². The van der Waals surface area contributed by atoms with Crippen LogP contribution in [-0.4, -0.2) is 39.4 Å². The van der Waals surface area contributed by atoms with Gasteiger partial charge in [-0.2, -0.15) is 0 Å². The van der Waals surface area contributed by atoms with Crippen LogP contribution in [0.5, 0.6) is 5.75 Å². The summed E-state index contributed by atoms with van der Waals surface area (Å²) < 4.78 is 5.24. The van der Waals surface area contributed by atoms with E-state index in [9.17, 15) is 4.79 Å². The fourth-order valence-corrected chi connectivity index (χ4v) is 4.32. The minimum absolute atomic E-state index is 0.0451. The van der Waals surface area contributed by atoms with Crippen molar-refractivity contribution in [2.24, 2.45) is 0 Å². The number of rotatable bonds is 7. The van der Waals surface area contributed by atoms with E-state index in [1.807, 2.05) is 47.5 Å². The lowest BCUT2D eigenvalue weighted by Crippen LogP contribution is -2.40. The van der Waals surface area contributed by atoms with Crippen LogP contribution >= 0.6 is 0 Å². The predicted octanol–water partition coefficient (Wildman–Crippen LogP) is 4.80. The number of pyridine rings is 1. The molecule has 0 bridgehead atoms. The van der Waals surface area contributed by atoms with Crippen molar-refractivity contribution >= 4 is 5.91 Å². The molecule has 6 heteroatoms. The number of hydrogen-bond donors (Lipinski definition) is 0. The van der Waals surface area contributed by atoms with Crippen molar-refractivity contribution in [3.63, 3.8) is 0 Å². The van der Waals surface area contributed by atoms with E-state index < -0.39 is 0 Å². The van der Waals surface area contributed by atoms with Crippen molar-refractivity contribution in [3.8, 4) is 16.9 Å². The van der Waals surface area contributed by atoms with Crippen molar-refractivity contribution in [2.45, 2.75) is 51.5 Å². The average Bonchev–Trinajstić information content (AvgIpc) is 2.85. The summed E-state index contributed by atoms with van der Waals surface area (Å²) in [5.74, 6) is 1.77. The molecule has 1 amide bonds. The molecule has 4 rings (SSSR count). The zero-order chi connectivity index (χ0) is 22.3. The minimum atomic E-state index is -0.0451. The summed E-state index contributed by atoms with van der Waals surface area (Å²) in [6, 6.07) is 11.6. The van der Waals surface area contributed by atoms with Crippen molar-refractivity contribution < 1.29 is 9.53 Å². The van der Waals surface area contributed by atoms with Gasteiger partial charge >= 0.3 is 0 Å². The molecule has 1 aromatic carbocycles. The van der Waals surface area contributed by atoms with Crippen LogP contribution in [0.25, 0.3) is 11.1 Å². The molecule has 0 aliphatic carbocycles. The van der Waals surface area contributed by atoms with Gasteiger partial charge in [-0.1, -0.05) is 19.1 Å². The number of hydrogen-bond acceptors (Lipinski definition) is 5. The summed E-state index contributed by atoms with van der Waals surface area (Å²) in [7, 11) is 1.65. The third-order valence-electron chi connectivity index (χ3n) is 5.99. The first-order valence-electron chi connectivity index (χ1n) is 11.4. The predicted molar refractivity (Wildman–Crippen MR) is 124 cm³/mol. The smallest absolute Gasteiger partial charge is 0.227 e. The van der Waals surface area contributed by atoms with Crippen LogP contribution < -0.4 is 4.74 Å². The second kappa shape index (κ2) is 10.4. The van der Waals surface area contributed by atoms with Crippen molar-refractivity contribution in [1.29, 1.82) is 0 Å². The lowest BCUT2D eigenvalue weighted by atomic mass is 9.93. The molecule has 0 radical (unpaired) electrons. The number of ether oxygens (including phenoxy) is 1. The van der Waals surface area contributed by atoms with Crippen LogP contribution in [0, 0.1) is 0 Å². The lowest BCUT2D eigenvalue weighted by Gasteiger charge is -2.36. The Bertz CT molecular complexity index is 1040. The zero-order valence-electron chi connectivity index (χ0n) is 18.8. The molecule has 1 fully saturated rings. The number of piperidine rings is 1. The molecular weight excluding hydrogens is 400 g/mol. The topological polar surface area (TPSA) is 68.2 Å². The summed E-state index contributed by atoms with van der Waals surface area (Å²) in [4.78, 5) is 29.2. The Kier molecular flexibility index (Phi) is 7.10. The maximum absolute atomic E-state index is 13.4. The molecular formula is C26H30N4O2. The standard InChI is InChI=1S/C26H30N4O2/c1-3-6-24-28-18-22(20-12-14-27-15-13-20)26(29-24)23-7-4-5-16-30(23)25(31)17-19-8-10-21(32-2)11-9-19/h8-15,18,23H,3-7,16-17H2,1-2H3/t23-/m1/s1. The normalized spacial score (nSPS) is 16.1. The molecule has 1 saturated heterocycles. The van der Waals surface area contributed by atoms with E-state index >= 15 is 0 Å². The fraction of sp³-hybridized carbons (Fsp3) is 0.385. The molecule has 166 valence electrons. The zero-order valence-corrected chi connectivity index (χ0v) is 18.8. The van der Waals surface area contributed by atoms with Crippen molar-refractivity contribution in [1.82, 2.24) is 19.9 Å². The summed E-state index contributed by atoms with van der Waals surface area (Å²) in [6.45, 7) is 2.88. The van der Waals surface area contributed by atoms with Gasteiger partial charge in [0.25, 0.3) is 0 Å². The van der Waals surface area contributed by atoms with Crippen LogP contribution in [0.4, 0.5) is 0 Å². The molecule has 2 aromatic heterocycles. The van der Waals surface area contributed by atoms with E-state index in [4.69, 9.17) is 9.72 Å². The van der Waals surface area contributed by atoms with E-state index in [0.717, 1.165) is 72.6 Å². The Hall–Kier alpha value is -3.28. The number of amides is 1. The second-order valence-corrected chi connectivity index (χ2v) is 8.19. The number of likely N-dealkylation sites (tertiary alicyclic amines) is 1. The molecule has 1 aliphatic heterocycles. The van der Waals surface area contributed by atoms with Gasteiger partial charge in [0.15, 0.2) is 0 Å². The van der Waals surface area contributed by atoms with E-state index in [-0.39, 0.29) is 11.9 Å². The highest BCUT2D eigenvalue weighted by atomic mass is 16.5. The SMILES string of the molecule is CCCc1ncc(-c2ccncc2)c([C@H]2CCCCN2C(=O)Cc2ccc(OC)cc2)n1. The van der Waals surface area contributed by atoms with Gasteiger partial charge < -0.3 is 9.64 Å². The van der Waals surface area contributed by atoms with Gasteiger partial charge in [-0.3, -0.25) is 9.78 Å². The summed E-state index contributed by atoms with van der Waals surface area (Å²) in [6.07, 6.45) is 10.7. The molecule has 1 atom stereocenters. The Morgan fingerprint density at radius 2 is 1.91 bits per heavy atom. The summed E-state index contributed by atoms with van der Waals surface area (Å²) in [5.41, 5.74) is 3.97. The Morgan fingerprint density at radius 3 is 2.62 bits per heavy atom. The van der Waals surface area contributed by atoms with Gasteiger partial charge in [-0.25, -0.2) is 9.97 Å². The largest absolute Gasteiger partial charge is 0.497 e. The molecule has 3 heterocycles. The number of carbonyl (C=O) groups is 1. The minimum Gasteiger partial charge on any atom is -0.497 e. The highest BCUT2D eigenvalue weighted by molar-refractivity contribution is 5.80. The second-order valence-electron chi connectivity index (χ2n) is 8.19. The Morgan fingerprint density at radius 1 is 1.12 bits per heavy atom. The van der Waals surface area contributed by atoms with E-state index in [1.165, 1.54) is 0 Å². The molecule has 6 nitrogen and oxygen atoms in total. The number of methoxy groups -OCH3 is 1. The van der Waals surface area contributed by atoms with E-state index in [0.29, 0.717) is 6.42 Å². The molecule has 3 aromatic rings. The van der Waals surface area contributed by atoms with Crippen molar-refractivity contribution in [3.05, 3.63) is 72.1 Å². The maximum Gasteiger partial charge on any atom is 0.227 e. The van der Waals surface area contributed by atoms with Crippen LogP contribution in [0.15, 0.2) is 55.0 Å². The highest BCUT2D eigenvalue weighted by Gasteiger charge is 2.31. The number of carbonyl (C=O) groups excluding carboxylic acids is 1. The number of nitrogens with zero attached hydrogens (tertiary/aromatic N) is 4. The number of aromatic nitrogens is 3. The Balaban J connectivity index is 1.66. The van der Waals surface area contributed by atoms with Crippen LogP contribution in [-0.2, 0) is 17.6 Å². The molecule has 32 heavy (non-hydrogen) atoms. The molecule has 0 saturated carbocycles. The van der Waals surface area contributed by atoms with Crippen LogP contribution in [0.3, 0.4) is 0 Å². The van der Waals surface area contributed by atoms with Gasteiger partial charge in [-0.05, 0) is 61.1 Å². The quantitative estimate of drug-likeness (QED) is 0.539. The molecule has 0 N–H and O–H groups in total. The first kappa shape index (κ1) is 21.9. The maximum atomic E-state index is 13.4. The molecule has 0 unspecified atom stereocenters. The third kappa shape index (κ3) is 4.96. The Labute approximate surface area is 189 Å². The van der Waals surface area contributed by atoms with E-state index in [1.54, 1.807) is 19.5 Å². The number of aryl methyl sites for hydroxylation is 1. The summed E-state index contributed by atoms with van der Waals surface area (Å²) >= 11 is 0. The van der Waals surface area contributed by atoms with Crippen LogP contribution in [0.2, 0.25) is 0 Å². The number of benzene rings is 1. The van der Waals surface area contributed by atoms with Gasteiger partial charge in [0.1, 0.15) is 11.6 Å². The first-order chi connectivity index (χ1) is 15.7. The molecule has 0 spiro atoms. The monoisotopic (exact) mass is 430 g/mol. The molecule has 1 aliphatic rings. The van der Waals surface area contributed by atoms with Gasteiger partial charge in [0.05, 0.1) is 25.3 Å². The lowest BCUT2D eigenvalue weighted by molar-refractivity contribution is -0.134. The van der Waals surface area contributed by atoms with Gasteiger partial charge in [0.2, 0.25) is 5.91 Å². The highest BCUT2D eigenvalue weighted by Crippen LogP contribution is 2.36. The van der Waals surface area contributed by atoms with Crippen LogP contribution in [0.1, 0.15) is 55.7 Å².